The molecule has 21 heavy (non-hydrogen) atoms. The monoisotopic (exact) mass is 301 g/mol. The number of hydrogen-bond donors (Lipinski definition) is 6. The highest BCUT2D eigenvalue weighted by Crippen LogP contribution is 2.18. The third-order valence-electron chi connectivity index (χ3n) is 3.98. The van der Waals surface area contributed by atoms with Crippen LogP contribution in [-0.4, -0.2) is 73.7 Å². The van der Waals surface area contributed by atoms with E-state index in [9.17, 15) is 25.2 Å². The zero-order valence-corrected chi connectivity index (χ0v) is 11.8. The Bertz CT molecular complexity index is 500. The lowest BCUT2D eigenvalue weighted by Crippen LogP contribution is -2.53. The van der Waals surface area contributed by atoms with Crippen molar-refractivity contribution in [2.75, 3.05) is 26.2 Å². The summed E-state index contributed by atoms with van der Waals surface area (Å²) in [6.07, 6.45) is 0.468. The number of β-amino-alcohol motifs (C(OH)–C–C–N with tert-alkyl or cyclic N) is 1. The van der Waals surface area contributed by atoms with Crippen molar-refractivity contribution in [2.45, 2.75) is 31.5 Å². The van der Waals surface area contributed by atoms with Gasteiger partial charge in [-0.05, 0) is 25.8 Å². The van der Waals surface area contributed by atoms with E-state index < -0.39 is 17.9 Å². The van der Waals surface area contributed by atoms with E-state index in [1.165, 1.54) is 0 Å². The van der Waals surface area contributed by atoms with Gasteiger partial charge in [-0.25, -0.2) is 4.79 Å². The Balaban J connectivity index is 1.73. The van der Waals surface area contributed by atoms with Gasteiger partial charge in [-0.2, -0.15) is 0 Å². The second-order valence-corrected chi connectivity index (χ2v) is 5.62. The fraction of sp³-hybridized carbons (Fsp3) is 0.769. The summed E-state index contributed by atoms with van der Waals surface area (Å²) in [6.45, 7) is 1.54. The molecule has 8 nitrogen and oxygen atoms in total. The lowest BCUT2D eigenvalue weighted by Gasteiger charge is -2.38. The zero-order valence-electron chi connectivity index (χ0n) is 11.8. The number of imidazole rings is 1. The van der Waals surface area contributed by atoms with Gasteiger partial charge >= 0.3 is 5.69 Å². The third kappa shape index (κ3) is 4.07. The maximum Gasteiger partial charge on any atom is 0.325 e. The Morgan fingerprint density at radius 2 is 1.95 bits per heavy atom. The van der Waals surface area contributed by atoms with Crippen LogP contribution in [0.25, 0.3) is 0 Å². The van der Waals surface area contributed by atoms with Crippen LogP contribution in [0, 0.1) is 5.92 Å². The first-order chi connectivity index (χ1) is 10.0. The first-order valence-electron chi connectivity index (χ1n) is 7.20. The summed E-state index contributed by atoms with van der Waals surface area (Å²) < 4.78 is 0. The number of rotatable bonds is 6. The molecule has 0 spiro atoms. The number of H-pyrrole nitrogens is 2. The number of aromatic hydroxyl groups is 1. The smallest absolute Gasteiger partial charge is 0.325 e. The second kappa shape index (κ2) is 7.08. The van der Waals surface area contributed by atoms with Crippen molar-refractivity contribution in [1.29, 1.82) is 0 Å². The third-order valence-corrected chi connectivity index (χ3v) is 3.98. The van der Waals surface area contributed by atoms with Crippen LogP contribution in [0.3, 0.4) is 0 Å². The van der Waals surface area contributed by atoms with Crippen LogP contribution in [-0.2, 0) is 6.42 Å². The van der Waals surface area contributed by atoms with Gasteiger partial charge in [-0.3, -0.25) is 4.98 Å². The van der Waals surface area contributed by atoms with E-state index in [0.29, 0.717) is 25.2 Å². The van der Waals surface area contributed by atoms with E-state index in [0.717, 1.165) is 19.4 Å². The molecule has 1 aliphatic rings. The number of aromatic nitrogens is 2. The van der Waals surface area contributed by atoms with Gasteiger partial charge in [0.2, 0.25) is 5.88 Å². The van der Waals surface area contributed by atoms with Crippen molar-refractivity contribution in [3.8, 4) is 5.88 Å². The molecule has 1 saturated heterocycles. The number of aryl methyl sites for hydroxylation is 1. The summed E-state index contributed by atoms with van der Waals surface area (Å²) in [5.74, 6) is -0.435. The Labute approximate surface area is 122 Å². The van der Waals surface area contributed by atoms with Gasteiger partial charge in [0, 0.05) is 25.6 Å². The largest absolute Gasteiger partial charge is 0.493 e. The second-order valence-electron chi connectivity index (χ2n) is 5.62. The molecule has 8 heteroatoms. The first kappa shape index (κ1) is 16.0. The number of likely N-dealkylation sites (tertiary alicyclic amines) is 1. The van der Waals surface area contributed by atoms with Gasteiger partial charge in [0.1, 0.15) is 0 Å². The zero-order chi connectivity index (χ0) is 15.4. The van der Waals surface area contributed by atoms with Gasteiger partial charge in [0.05, 0.1) is 17.9 Å². The van der Waals surface area contributed by atoms with Crippen molar-refractivity contribution in [2.24, 2.45) is 5.92 Å². The van der Waals surface area contributed by atoms with Gasteiger partial charge in [-0.15, -0.1) is 0 Å². The van der Waals surface area contributed by atoms with Crippen LogP contribution in [0.15, 0.2) is 4.79 Å². The van der Waals surface area contributed by atoms with Crippen LogP contribution in [0.5, 0.6) is 5.88 Å². The van der Waals surface area contributed by atoms with Crippen LogP contribution >= 0.6 is 0 Å². The van der Waals surface area contributed by atoms with Crippen LogP contribution in [0.4, 0.5) is 0 Å². The number of aromatic amines is 2. The number of nitrogens with one attached hydrogen (secondary N) is 2. The fourth-order valence-electron chi connectivity index (χ4n) is 2.78. The predicted molar refractivity (Wildman–Crippen MR) is 75.0 cm³/mol. The van der Waals surface area contributed by atoms with Crippen molar-refractivity contribution in [3.63, 3.8) is 0 Å². The van der Waals surface area contributed by atoms with E-state index in [-0.39, 0.29) is 18.4 Å². The van der Waals surface area contributed by atoms with Crippen LogP contribution < -0.4 is 5.69 Å². The van der Waals surface area contributed by atoms with E-state index in [1.807, 2.05) is 4.90 Å². The average Bonchev–Trinajstić information content (AvgIpc) is 2.76. The summed E-state index contributed by atoms with van der Waals surface area (Å²) in [5, 5.41) is 38.1. The Hall–Kier alpha value is -1.35. The van der Waals surface area contributed by atoms with Gasteiger partial charge < -0.3 is 30.3 Å². The van der Waals surface area contributed by atoms with Crippen molar-refractivity contribution in [3.05, 3.63) is 16.2 Å². The SMILES string of the molecule is O=c1[nH]c(O)c(CCCCN2C[C@H](CO)[C@@H](O)[C@H](O)C2)[nH]1. The lowest BCUT2D eigenvalue weighted by molar-refractivity contribution is -0.0861. The topological polar surface area (TPSA) is 133 Å². The molecule has 3 atom stereocenters. The Morgan fingerprint density at radius 3 is 2.57 bits per heavy atom. The molecule has 1 aliphatic heterocycles. The quantitative estimate of drug-likeness (QED) is 0.350. The molecule has 1 fully saturated rings. The minimum absolute atomic E-state index is 0.114. The summed E-state index contributed by atoms with van der Waals surface area (Å²) in [7, 11) is 0. The molecule has 2 heterocycles. The first-order valence-corrected chi connectivity index (χ1v) is 7.20. The highest BCUT2D eigenvalue weighted by atomic mass is 16.3. The highest BCUT2D eigenvalue weighted by molar-refractivity contribution is 5.15. The van der Waals surface area contributed by atoms with E-state index in [4.69, 9.17) is 0 Å². The molecule has 6 N–H and O–H groups in total. The fourth-order valence-corrected chi connectivity index (χ4v) is 2.78. The van der Waals surface area contributed by atoms with E-state index in [2.05, 4.69) is 9.97 Å². The number of aliphatic hydroxyl groups is 3. The molecule has 120 valence electrons. The van der Waals surface area contributed by atoms with Gasteiger partial charge in [-0.1, -0.05) is 0 Å². The van der Waals surface area contributed by atoms with E-state index in [1.54, 1.807) is 0 Å². The molecule has 0 aliphatic carbocycles. The molecule has 1 aromatic heterocycles. The normalized spacial score (nSPS) is 27.1. The highest BCUT2D eigenvalue weighted by Gasteiger charge is 2.33. The summed E-state index contributed by atoms with van der Waals surface area (Å²) in [5.41, 5.74) is 0.0868. The minimum Gasteiger partial charge on any atom is -0.493 e. The molecule has 0 radical (unpaired) electrons. The molecule has 0 saturated carbocycles. The number of hydrogen-bond acceptors (Lipinski definition) is 6. The summed E-state index contributed by atoms with van der Waals surface area (Å²) in [4.78, 5) is 17.8. The van der Waals surface area contributed by atoms with Crippen LogP contribution in [0.2, 0.25) is 0 Å². The van der Waals surface area contributed by atoms with Crippen molar-refractivity contribution in [1.82, 2.24) is 14.9 Å². The maximum atomic E-state index is 11.0. The lowest BCUT2D eigenvalue weighted by atomic mass is 9.93. The minimum atomic E-state index is -0.867. The maximum absolute atomic E-state index is 11.0. The predicted octanol–water partition coefficient (Wildman–Crippen LogP) is -1.62. The number of nitrogens with zero attached hydrogens (tertiary/aromatic N) is 1. The summed E-state index contributed by atoms with van der Waals surface area (Å²) in [6, 6.07) is 0. The van der Waals surface area contributed by atoms with Gasteiger partial charge in [0.15, 0.2) is 0 Å². The number of unbranched alkanes of at least 4 members (excludes halogenated alkanes) is 1. The number of aliphatic hydroxyl groups excluding tert-OH is 3. The Kier molecular flexibility index (Phi) is 5.40. The Morgan fingerprint density at radius 1 is 1.19 bits per heavy atom. The van der Waals surface area contributed by atoms with Crippen molar-refractivity contribution < 1.29 is 20.4 Å². The molecule has 1 aromatic rings. The molecule has 2 rings (SSSR count). The number of piperidine rings is 1. The standard InChI is InChI=1S/C13H23N3O5/c17-7-8-5-16(6-10(18)11(8)19)4-2-1-3-9-12(20)15-13(21)14-9/h8,10-11,17-20H,1-7H2,(H2,14,15,21)/t8-,10-,11-/m1/s1. The summed E-state index contributed by atoms with van der Waals surface area (Å²) >= 11 is 0. The van der Waals surface area contributed by atoms with Crippen molar-refractivity contribution >= 4 is 0 Å². The molecule has 0 unspecified atom stereocenters. The molecular weight excluding hydrogens is 278 g/mol. The van der Waals surface area contributed by atoms with Crippen LogP contribution in [0.1, 0.15) is 18.5 Å². The average molecular weight is 301 g/mol. The molecule has 0 amide bonds. The van der Waals surface area contributed by atoms with Gasteiger partial charge in [0.25, 0.3) is 0 Å². The van der Waals surface area contributed by atoms with E-state index >= 15 is 0 Å². The molecular formula is C13H23N3O5. The molecule has 0 aromatic carbocycles. The molecule has 0 bridgehead atoms.